The fourth-order valence-corrected chi connectivity index (χ4v) is 2.20. The molecule has 0 bridgehead atoms. The number of carbonyl (C=O) groups excluding carboxylic acids is 1. The lowest BCUT2D eigenvalue weighted by Crippen LogP contribution is -2.52. The molecular formula is C12H24N2O. The van der Waals surface area contributed by atoms with Crippen LogP contribution < -0.4 is 5.73 Å². The van der Waals surface area contributed by atoms with Crippen molar-refractivity contribution in [1.82, 2.24) is 4.90 Å². The molecule has 0 saturated heterocycles. The zero-order valence-corrected chi connectivity index (χ0v) is 10.1. The topological polar surface area (TPSA) is 46.3 Å². The molecule has 1 aliphatic rings. The average molecular weight is 212 g/mol. The van der Waals surface area contributed by atoms with Crippen LogP contribution in [-0.4, -0.2) is 30.4 Å². The van der Waals surface area contributed by atoms with Gasteiger partial charge in [0.1, 0.15) is 0 Å². The first kappa shape index (κ1) is 12.5. The quantitative estimate of drug-likeness (QED) is 0.729. The van der Waals surface area contributed by atoms with E-state index in [4.69, 9.17) is 5.73 Å². The fraction of sp³-hybridized carbons (Fsp3) is 0.917. The maximum absolute atomic E-state index is 12.3. The van der Waals surface area contributed by atoms with Crippen LogP contribution in [0.3, 0.4) is 0 Å². The molecule has 88 valence electrons. The maximum Gasteiger partial charge on any atom is 0.230 e. The van der Waals surface area contributed by atoms with E-state index in [1.807, 2.05) is 4.90 Å². The molecule has 15 heavy (non-hydrogen) atoms. The molecule has 2 N–H and O–H groups in total. The summed E-state index contributed by atoms with van der Waals surface area (Å²) in [6.07, 6.45) is 5.38. The van der Waals surface area contributed by atoms with E-state index in [1.54, 1.807) is 0 Å². The van der Waals surface area contributed by atoms with Crippen molar-refractivity contribution < 1.29 is 4.79 Å². The Morgan fingerprint density at radius 1 is 1.40 bits per heavy atom. The van der Waals surface area contributed by atoms with Crippen LogP contribution in [-0.2, 0) is 4.79 Å². The van der Waals surface area contributed by atoms with Crippen molar-refractivity contribution in [2.45, 2.75) is 46.0 Å². The van der Waals surface area contributed by atoms with Gasteiger partial charge < -0.3 is 10.6 Å². The van der Waals surface area contributed by atoms with Gasteiger partial charge in [-0.1, -0.05) is 19.8 Å². The number of rotatable bonds is 6. The zero-order valence-electron chi connectivity index (χ0n) is 10.1. The molecule has 0 aromatic carbocycles. The first-order valence-electron chi connectivity index (χ1n) is 6.19. The zero-order chi connectivity index (χ0) is 11.3. The monoisotopic (exact) mass is 212 g/mol. The van der Waals surface area contributed by atoms with Crippen LogP contribution in [0.4, 0.5) is 0 Å². The van der Waals surface area contributed by atoms with Gasteiger partial charge in [0.25, 0.3) is 0 Å². The van der Waals surface area contributed by atoms with Crippen molar-refractivity contribution in [2.24, 2.45) is 11.1 Å². The van der Waals surface area contributed by atoms with Gasteiger partial charge in [-0.25, -0.2) is 0 Å². The number of amides is 1. The summed E-state index contributed by atoms with van der Waals surface area (Å²) in [4.78, 5) is 14.2. The summed E-state index contributed by atoms with van der Waals surface area (Å²) in [6, 6.07) is 0. The Kier molecular flexibility index (Phi) is 4.58. The molecule has 0 unspecified atom stereocenters. The van der Waals surface area contributed by atoms with E-state index in [1.165, 1.54) is 0 Å². The van der Waals surface area contributed by atoms with Crippen molar-refractivity contribution in [3.63, 3.8) is 0 Å². The van der Waals surface area contributed by atoms with Gasteiger partial charge in [0, 0.05) is 19.6 Å². The number of hydrogen-bond donors (Lipinski definition) is 1. The van der Waals surface area contributed by atoms with Gasteiger partial charge in [-0.3, -0.25) is 4.79 Å². The molecule has 0 heterocycles. The summed E-state index contributed by atoms with van der Waals surface area (Å²) in [6.45, 7) is 6.44. The van der Waals surface area contributed by atoms with Crippen molar-refractivity contribution in [3.05, 3.63) is 0 Å². The summed E-state index contributed by atoms with van der Waals surface area (Å²) in [5.74, 6) is 0.298. The van der Waals surface area contributed by atoms with E-state index in [0.717, 1.165) is 45.2 Å². The number of hydrogen-bond acceptors (Lipinski definition) is 2. The standard InChI is InChI=1S/C12H24N2O/c1-3-5-9-14(4-2)11(15)12(10-13)7-6-8-12/h3-10,13H2,1-2H3. The normalized spacial score (nSPS) is 18.3. The van der Waals surface area contributed by atoms with Crippen LogP contribution in [0.5, 0.6) is 0 Å². The Morgan fingerprint density at radius 3 is 2.40 bits per heavy atom. The van der Waals surface area contributed by atoms with E-state index < -0.39 is 0 Å². The fourth-order valence-electron chi connectivity index (χ4n) is 2.20. The van der Waals surface area contributed by atoms with Gasteiger partial charge in [-0.15, -0.1) is 0 Å². The van der Waals surface area contributed by atoms with Crippen molar-refractivity contribution >= 4 is 5.91 Å². The summed E-state index contributed by atoms with van der Waals surface area (Å²) >= 11 is 0. The van der Waals surface area contributed by atoms with E-state index in [9.17, 15) is 4.79 Å². The van der Waals surface area contributed by atoms with Crippen LogP contribution in [0.15, 0.2) is 0 Å². The van der Waals surface area contributed by atoms with Gasteiger partial charge in [-0.2, -0.15) is 0 Å². The molecule has 3 nitrogen and oxygen atoms in total. The van der Waals surface area contributed by atoms with E-state index >= 15 is 0 Å². The third-order valence-corrected chi connectivity index (χ3v) is 3.61. The Morgan fingerprint density at radius 2 is 2.07 bits per heavy atom. The highest BCUT2D eigenvalue weighted by Crippen LogP contribution is 2.41. The molecule has 0 spiro atoms. The molecule has 1 aliphatic carbocycles. The summed E-state index contributed by atoms with van der Waals surface area (Å²) in [7, 11) is 0. The molecule has 1 amide bonds. The second-order valence-electron chi connectivity index (χ2n) is 4.58. The molecule has 0 atom stereocenters. The first-order valence-corrected chi connectivity index (χ1v) is 6.19. The summed E-state index contributed by atoms with van der Waals surface area (Å²) < 4.78 is 0. The predicted molar refractivity (Wildman–Crippen MR) is 62.5 cm³/mol. The highest BCUT2D eigenvalue weighted by atomic mass is 16.2. The minimum Gasteiger partial charge on any atom is -0.342 e. The van der Waals surface area contributed by atoms with Gasteiger partial charge in [0.2, 0.25) is 5.91 Å². The van der Waals surface area contributed by atoms with Crippen LogP contribution in [0.2, 0.25) is 0 Å². The lowest BCUT2D eigenvalue weighted by Gasteiger charge is -2.42. The average Bonchev–Trinajstić information content (AvgIpc) is 2.18. The van der Waals surface area contributed by atoms with E-state index in [0.29, 0.717) is 12.5 Å². The van der Waals surface area contributed by atoms with Crippen molar-refractivity contribution in [3.8, 4) is 0 Å². The van der Waals surface area contributed by atoms with Crippen LogP contribution in [0.1, 0.15) is 46.0 Å². The molecule has 3 heteroatoms. The summed E-state index contributed by atoms with van der Waals surface area (Å²) in [5.41, 5.74) is 5.55. The lowest BCUT2D eigenvalue weighted by molar-refractivity contribution is -0.146. The molecule has 0 aromatic rings. The highest BCUT2D eigenvalue weighted by Gasteiger charge is 2.44. The number of carbonyl (C=O) groups is 1. The molecule has 1 fully saturated rings. The maximum atomic E-state index is 12.3. The molecular weight excluding hydrogens is 188 g/mol. The second kappa shape index (κ2) is 5.50. The molecule has 0 radical (unpaired) electrons. The predicted octanol–water partition coefficient (Wildman–Crippen LogP) is 1.76. The van der Waals surface area contributed by atoms with Crippen molar-refractivity contribution in [1.29, 1.82) is 0 Å². The smallest absolute Gasteiger partial charge is 0.230 e. The number of nitrogens with two attached hydrogens (primary N) is 1. The Bertz CT molecular complexity index is 206. The molecule has 1 rings (SSSR count). The van der Waals surface area contributed by atoms with Crippen LogP contribution in [0, 0.1) is 5.41 Å². The Hall–Kier alpha value is -0.570. The molecule has 0 aliphatic heterocycles. The molecule has 1 saturated carbocycles. The first-order chi connectivity index (χ1) is 7.20. The summed E-state index contributed by atoms with van der Waals surface area (Å²) in [5, 5.41) is 0. The minimum atomic E-state index is -0.191. The second-order valence-corrected chi connectivity index (χ2v) is 4.58. The van der Waals surface area contributed by atoms with Gasteiger partial charge in [-0.05, 0) is 26.2 Å². The number of nitrogens with zero attached hydrogens (tertiary/aromatic N) is 1. The minimum absolute atomic E-state index is 0.191. The largest absolute Gasteiger partial charge is 0.342 e. The van der Waals surface area contributed by atoms with Gasteiger partial charge in [0.05, 0.1) is 5.41 Å². The Balaban J connectivity index is 2.55. The molecule has 0 aromatic heterocycles. The lowest BCUT2D eigenvalue weighted by atomic mass is 9.68. The highest BCUT2D eigenvalue weighted by molar-refractivity contribution is 5.83. The third kappa shape index (κ3) is 2.51. The SMILES string of the molecule is CCCCN(CC)C(=O)C1(CN)CCC1. The van der Waals surface area contributed by atoms with Gasteiger partial charge >= 0.3 is 0 Å². The Labute approximate surface area is 93.0 Å². The van der Waals surface area contributed by atoms with Crippen LogP contribution in [0.25, 0.3) is 0 Å². The van der Waals surface area contributed by atoms with E-state index in [-0.39, 0.29) is 5.41 Å². The van der Waals surface area contributed by atoms with Crippen LogP contribution >= 0.6 is 0 Å². The third-order valence-electron chi connectivity index (χ3n) is 3.61. The van der Waals surface area contributed by atoms with E-state index in [2.05, 4.69) is 13.8 Å². The number of unbranched alkanes of at least 4 members (excludes halogenated alkanes) is 1. The van der Waals surface area contributed by atoms with Crippen molar-refractivity contribution in [2.75, 3.05) is 19.6 Å². The van der Waals surface area contributed by atoms with Gasteiger partial charge in [0.15, 0.2) is 0 Å².